The number of imidazole rings is 1. The fourth-order valence-electron chi connectivity index (χ4n) is 2.01. The van der Waals surface area contributed by atoms with Crippen LogP contribution in [0.3, 0.4) is 0 Å². The topological polar surface area (TPSA) is 65.4 Å². The van der Waals surface area contributed by atoms with Gasteiger partial charge in [-0.15, -0.1) is 0 Å². The Hall–Kier alpha value is -2.32. The number of aryl methyl sites for hydroxylation is 1. The lowest BCUT2D eigenvalue weighted by Crippen LogP contribution is -1.92. The highest BCUT2D eigenvalue weighted by molar-refractivity contribution is 7.71. The van der Waals surface area contributed by atoms with Gasteiger partial charge in [-0.3, -0.25) is 10.1 Å². The van der Waals surface area contributed by atoms with Crippen LogP contribution in [0.2, 0.25) is 0 Å². The first-order valence-electron chi connectivity index (χ1n) is 6.03. The Morgan fingerprint density at radius 2 is 2.00 bits per heavy atom. The van der Waals surface area contributed by atoms with Crippen molar-refractivity contribution in [1.82, 2.24) is 9.24 Å². The predicted molar refractivity (Wildman–Crippen MR) is 85.7 cm³/mol. The third-order valence-electron chi connectivity index (χ3n) is 3.03. The fraction of sp³-hybridized carbons (Fsp3) is 0.0769. The zero-order chi connectivity index (χ0) is 15.0. The molecule has 3 rings (SSSR count). The molecule has 21 heavy (non-hydrogen) atoms. The van der Waals surface area contributed by atoms with Gasteiger partial charge in [0.25, 0.3) is 0 Å². The summed E-state index contributed by atoms with van der Waals surface area (Å²) in [6.45, 7) is 0. The highest BCUT2D eigenvalue weighted by Gasteiger charge is 2.09. The molecule has 0 unspecified atom stereocenters. The first-order chi connectivity index (χ1) is 10.1. The monoisotopic (exact) mass is 318 g/mol. The van der Waals surface area contributed by atoms with Crippen molar-refractivity contribution in [3.8, 4) is 0 Å². The molecule has 3 aromatic rings. The van der Waals surface area contributed by atoms with Crippen molar-refractivity contribution < 1.29 is 4.92 Å². The number of aromatic nitrogens is 2. The molecule has 8 heteroatoms. The van der Waals surface area contributed by atoms with Crippen LogP contribution in [0.4, 0.5) is 5.00 Å². The molecule has 0 fully saturated rings. The van der Waals surface area contributed by atoms with E-state index >= 15 is 0 Å². The van der Waals surface area contributed by atoms with Gasteiger partial charge in [0.15, 0.2) is 0 Å². The molecule has 1 aromatic carbocycles. The molecule has 0 aliphatic heterocycles. The Labute approximate surface area is 128 Å². The smallest absolute Gasteiger partial charge is 0.318 e. The summed E-state index contributed by atoms with van der Waals surface area (Å²) in [6, 6.07) is 10.9. The Balaban J connectivity index is 2.05. The van der Waals surface area contributed by atoms with E-state index in [1.807, 2.05) is 35.9 Å². The van der Waals surface area contributed by atoms with Crippen LogP contribution in [0, 0.1) is 14.9 Å². The number of para-hydroxylation sites is 2. The van der Waals surface area contributed by atoms with Gasteiger partial charge in [-0.1, -0.05) is 23.5 Å². The van der Waals surface area contributed by atoms with Crippen LogP contribution in [-0.2, 0) is 7.05 Å². The molecule has 0 N–H and O–H groups in total. The summed E-state index contributed by atoms with van der Waals surface area (Å²) in [4.78, 5) is 11.0. The summed E-state index contributed by atoms with van der Waals surface area (Å²) in [5.41, 5.74) is 1.88. The molecule has 0 atom stereocenters. The largest absolute Gasteiger partial charge is 0.324 e. The van der Waals surface area contributed by atoms with E-state index in [0.29, 0.717) is 9.65 Å². The molecule has 0 aliphatic carbocycles. The van der Waals surface area contributed by atoms with E-state index in [0.717, 1.165) is 22.4 Å². The van der Waals surface area contributed by atoms with Crippen LogP contribution in [0.5, 0.6) is 0 Å². The quantitative estimate of drug-likeness (QED) is 0.321. The maximum absolute atomic E-state index is 10.7. The number of benzene rings is 1. The molecule has 0 radical (unpaired) electrons. The van der Waals surface area contributed by atoms with E-state index in [4.69, 9.17) is 12.2 Å². The minimum absolute atomic E-state index is 0.0953. The maximum atomic E-state index is 10.7. The molecular formula is C13H10N4O2S2. The third-order valence-corrected chi connectivity index (χ3v) is 4.45. The molecule has 0 spiro atoms. The average Bonchev–Trinajstić information content (AvgIpc) is 3.04. The van der Waals surface area contributed by atoms with Crippen LogP contribution >= 0.6 is 23.6 Å². The summed E-state index contributed by atoms with van der Waals surface area (Å²) >= 11 is 6.44. The van der Waals surface area contributed by atoms with E-state index in [-0.39, 0.29) is 5.00 Å². The standard InChI is InChI=1S/C13H10N4O2S2/c1-15-10-4-2-3-5-11(10)16(13(15)20)14-8-9-6-7-12(21-9)17(18)19/h2-8H,1H3/b14-8-. The Bertz CT molecular complexity index is 920. The summed E-state index contributed by atoms with van der Waals surface area (Å²) in [5.74, 6) is 0. The number of hydrogen-bond acceptors (Lipinski definition) is 5. The van der Waals surface area contributed by atoms with Crippen LogP contribution in [0.15, 0.2) is 41.5 Å². The Kier molecular flexibility index (Phi) is 3.40. The molecule has 2 heterocycles. The van der Waals surface area contributed by atoms with E-state index in [1.54, 1.807) is 17.0 Å². The van der Waals surface area contributed by atoms with Crippen LogP contribution in [0.25, 0.3) is 11.0 Å². The van der Waals surface area contributed by atoms with Gasteiger partial charge in [0, 0.05) is 13.1 Å². The van der Waals surface area contributed by atoms with E-state index in [2.05, 4.69) is 5.10 Å². The molecule has 6 nitrogen and oxygen atoms in total. The number of nitrogens with zero attached hydrogens (tertiary/aromatic N) is 4. The Morgan fingerprint density at radius 1 is 1.29 bits per heavy atom. The summed E-state index contributed by atoms with van der Waals surface area (Å²) in [7, 11) is 1.88. The summed E-state index contributed by atoms with van der Waals surface area (Å²) in [5, 5.41) is 15.1. The lowest BCUT2D eigenvalue weighted by Gasteiger charge is -1.94. The molecule has 106 valence electrons. The zero-order valence-corrected chi connectivity index (χ0v) is 12.6. The summed E-state index contributed by atoms with van der Waals surface area (Å²) in [6.07, 6.45) is 1.58. The normalized spacial score (nSPS) is 11.5. The van der Waals surface area contributed by atoms with Crippen molar-refractivity contribution in [3.63, 3.8) is 0 Å². The minimum atomic E-state index is -0.411. The highest BCUT2D eigenvalue weighted by atomic mass is 32.1. The van der Waals surface area contributed by atoms with Crippen molar-refractivity contribution in [1.29, 1.82) is 0 Å². The van der Waals surface area contributed by atoms with Crippen molar-refractivity contribution in [2.24, 2.45) is 12.1 Å². The predicted octanol–water partition coefficient (Wildman–Crippen LogP) is 3.56. The maximum Gasteiger partial charge on any atom is 0.324 e. The first kappa shape index (κ1) is 13.7. The second-order valence-electron chi connectivity index (χ2n) is 4.32. The molecule has 0 saturated heterocycles. The minimum Gasteiger partial charge on any atom is -0.318 e. The molecule has 0 amide bonds. The lowest BCUT2D eigenvalue weighted by molar-refractivity contribution is -0.380. The van der Waals surface area contributed by atoms with Gasteiger partial charge in [0.1, 0.15) is 0 Å². The lowest BCUT2D eigenvalue weighted by atomic mass is 10.3. The number of fused-ring (bicyclic) bond motifs is 1. The van der Waals surface area contributed by atoms with Crippen LogP contribution < -0.4 is 0 Å². The van der Waals surface area contributed by atoms with Crippen molar-refractivity contribution in [3.05, 3.63) is 56.2 Å². The number of nitro groups is 1. The van der Waals surface area contributed by atoms with Gasteiger partial charge >= 0.3 is 5.00 Å². The molecule has 0 aliphatic rings. The molecule has 0 bridgehead atoms. The van der Waals surface area contributed by atoms with Crippen molar-refractivity contribution in [2.45, 2.75) is 0 Å². The van der Waals surface area contributed by atoms with E-state index in [9.17, 15) is 10.1 Å². The SMILES string of the molecule is Cn1c(=S)n(/N=C\c2ccc([N+](=O)[O-])s2)c2ccccc21. The van der Waals surface area contributed by atoms with Crippen molar-refractivity contribution in [2.75, 3.05) is 0 Å². The zero-order valence-electron chi connectivity index (χ0n) is 11.0. The summed E-state index contributed by atoms with van der Waals surface area (Å²) < 4.78 is 4.09. The van der Waals surface area contributed by atoms with E-state index < -0.39 is 4.92 Å². The molecular weight excluding hydrogens is 308 g/mol. The van der Waals surface area contributed by atoms with Crippen LogP contribution in [-0.4, -0.2) is 20.4 Å². The average molecular weight is 318 g/mol. The van der Waals surface area contributed by atoms with Gasteiger partial charge in [0.05, 0.1) is 27.0 Å². The van der Waals surface area contributed by atoms with Gasteiger partial charge in [-0.25, -0.2) is 4.68 Å². The second kappa shape index (κ2) is 5.23. The third kappa shape index (κ3) is 2.39. The van der Waals surface area contributed by atoms with Crippen molar-refractivity contribution >= 4 is 45.8 Å². The van der Waals surface area contributed by atoms with Gasteiger partial charge in [-0.2, -0.15) is 5.10 Å². The van der Waals surface area contributed by atoms with Gasteiger partial charge in [-0.05, 0) is 30.4 Å². The Morgan fingerprint density at radius 3 is 2.67 bits per heavy atom. The van der Waals surface area contributed by atoms with E-state index in [1.165, 1.54) is 6.07 Å². The molecule has 2 aromatic heterocycles. The van der Waals surface area contributed by atoms with Gasteiger partial charge < -0.3 is 4.57 Å². The fourth-order valence-corrected chi connectivity index (χ4v) is 2.94. The number of rotatable bonds is 3. The van der Waals surface area contributed by atoms with Crippen LogP contribution in [0.1, 0.15) is 4.88 Å². The number of thiophene rings is 1. The second-order valence-corrected chi connectivity index (χ2v) is 5.78. The van der Waals surface area contributed by atoms with Gasteiger partial charge in [0.2, 0.25) is 4.77 Å². The number of hydrogen-bond donors (Lipinski definition) is 0. The highest BCUT2D eigenvalue weighted by Crippen LogP contribution is 2.23. The first-order valence-corrected chi connectivity index (χ1v) is 7.25. The molecule has 0 saturated carbocycles.